The lowest BCUT2D eigenvalue weighted by atomic mass is 10.1. The Balaban J connectivity index is 2.03. The van der Waals surface area contributed by atoms with Gasteiger partial charge in [0.1, 0.15) is 18.3 Å². The van der Waals surface area contributed by atoms with Crippen molar-refractivity contribution in [1.29, 1.82) is 0 Å². The van der Waals surface area contributed by atoms with Gasteiger partial charge in [0, 0.05) is 9.47 Å². The van der Waals surface area contributed by atoms with E-state index >= 15 is 0 Å². The van der Waals surface area contributed by atoms with E-state index in [-0.39, 0.29) is 23.7 Å². The van der Waals surface area contributed by atoms with Gasteiger partial charge in [0.05, 0.1) is 12.9 Å². The molecule has 1 aliphatic heterocycles. The Morgan fingerprint density at radius 3 is 3.00 bits per heavy atom. The van der Waals surface area contributed by atoms with Crippen LogP contribution in [0.3, 0.4) is 0 Å². The zero-order valence-electron chi connectivity index (χ0n) is 10.7. The fourth-order valence-electron chi connectivity index (χ4n) is 2.32. The molecule has 1 saturated heterocycles. The van der Waals surface area contributed by atoms with Crippen molar-refractivity contribution in [3.05, 3.63) is 16.7 Å². The van der Waals surface area contributed by atoms with Gasteiger partial charge in [-0.3, -0.25) is 14.3 Å². The number of nitrogens with zero attached hydrogens (tertiary/aromatic N) is 3. The largest absolute Gasteiger partial charge is 0.387 e. The molecule has 2 aromatic heterocycles. The molecular weight excluding hydrogens is 301 g/mol. The van der Waals surface area contributed by atoms with Gasteiger partial charge in [0.25, 0.3) is 5.56 Å². The Labute approximate surface area is 120 Å². The average molecular weight is 315 g/mol. The third-order valence-corrected chi connectivity index (χ3v) is 3.51. The molecule has 3 heterocycles. The van der Waals surface area contributed by atoms with E-state index in [4.69, 9.17) is 15.0 Å². The maximum absolute atomic E-state index is 11.7. The van der Waals surface area contributed by atoms with Crippen LogP contribution in [0.25, 0.3) is 11.2 Å². The number of nitrogens with two attached hydrogens (primary N) is 1. The Morgan fingerprint density at radius 1 is 1.52 bits per heavy atom. The summed E-state index contributed by atoms with van der Waals surface area (Å²) < 4.78 is 11.7. The topological polar surface area (TPSA) is 149 Å². The summed E-state index contributed by atoms with van der Waals surface area (Å²) >= 11 is 0. The molecule has 5 unspecified atom stereocenters. The second-order valence-electron chi connectivity index (χ2n) is 4.65. The Bertz CT molecular complexity index is 717. The number of imidazole rings is 1. The summed E-state index contributed by atoms with van der Waals surface area (Å²) in [4.78, 5) is 22.0. The molecule has 1 aliphatic rings. The van der Waals surface area contributed by atoms with Crippen LogP contribution < -0.4 is 11.3 Å². The van der Waals surface area contributed by atoms with Crippen LogP contribution >= 0.6 is 9.47 Å². The Hall–Kier alpha value is -1.58. The van der Waals surface area contributed by atoms with E-state index in [1.165, 1.54) is 10.9 Å². The van der Waals surface area contributed by atoms with Crippen LogP contribution in [0.4, 0.5) is 5.95 Å². The number of hydrogen-bond acceptors (Lipinski definition) is 8. The first-order chi connectivity index (χ1) is 10.0. The van der Waals surface area contributed by atoms with Gasteiger partial charge in [-0.1, -0.05) is 0 Å². The van der Waals surface area contributed by atoms with Crippen molar-refractivity contribution in [2.24, 2.45) is 0 Å². The lowest BCUT2D eigenvalue weighted by Crippen LogP contribution is -2.33. The fraction of sp³-hybridized carbons (Fsp3) is 0.500. The van der Waals surface area contributed by atoms with Crippen molar-refractivity contribution in [2.45, 2.75) is 24.5 Å². The van der Waals surface area contributed by atoms with Gasteiger partial charge in [-0.05, 0) is 0 Å². The van der Waals surface area contributed by atoms with Crippen LogP contribution in [0, 0.1) is 0 Å². The molecule has 2 aromatic rings. The summed E-state index contributed by atoms with van der Waals surface area (Å²) in [6, 6.07) is 0. The summed E-state index contributed by atoms with van der Waals surface area (Å²) in [6.45, 7) is 0.0855. The summed E-state index contributed by atoms with van der Waals surface area (Å²) in [5, 5.41) is 20.0. The first-order valence-corrected chi connectivity index (χ1v) is 6.55. The maximum atomic E-state index is 11.7. The van der Waals surface area contributed by atoms with Crippen molar-refractivity contribution in [3.63, 3.8) is 0 Å². The van der Waals surface area contributed by atoms with Gasteiger partial charge < -0.3 is 25.2 Å². The van der Waals surface area contributed by atoms with Crippen molar-refractivity contribution < 1.29 is 19.5 Å². The predicted molar refractivity (Wildman–Crippen MR) is 74.1 cm³/mol. The minimum absolute atomic E-state index is 0.0697. The number of fused-ring (bicyclic) bond motifs is 1. The summed E-state index contributed by atoms with van der Waals surface area (Å²) in [5.74, 6) is -0.0767. The van der Waals surface area contributed by atoms with Crippen molar-refractivity contribution in [1.82, 2.24) is 19.5 Å². The second kappa shape index (κ2) is 5.32. The molecule has 5 atom stereocenters. The number of aliphatic hydroxyl groups is 2. The SMILES string of the molecule is Nc1nc2c(ncn2C2OC(COP)C(O)C2O)c(=O)[nH]1. The third kappa shape index (κ3) is 2.30. The molecule has 0 aliphatic carbocycles. The van der Waals surface area contributed by atoms with Gasteiger partial charge in [0.2, 0.25) is 5.95 Å². The molecule has 5 N–H and O–H groups in total. The summed E-state index contributed by atoms with van der Waals surface area (Å²) in [6.07, 6.45) is -2.69. The Morgan fingerprint density at radius 2 is 2.29 bits per heavy atom. The zero-order chi connectivity index (χ0) is 15.1. The number of nitrogen functional groups attached to an aromatic ring is 1. The fourth-order valence-corrected chi connectivity index (χ4v) is 2.51. The Kier molecular flexibility index (Phi) is 3.64. The van der Waals surface area contributed by atoms with Gasteiger partial charge in [-0.25, -0.2) is 4.98 Å². The molecule has 0 amide bonds. The van der Waals surface area contributed by atoms with E-state index in [0.717, 1.165) is 0 Å². The lowest BCUT2D eigenvalue weighted by Gasteiger charge is -2.16. The van der Waals surface area contributed by atoms with Gasteiger partial charge >= 0.3 is 0 Å². The smallest absolute Gasteiger partial charge is 0.280 e. The normalized spacial score (nSPS) is 29.3. The summed E-state index contributed by atoms with van der Waals surface area (Å²) in [7, 11) is 2.04. The number of aliphatic hydroxyl groups excluding tert-OH is 2. The third-order valence-electron chi connectivity index (χ3n) is 3.32. The molecule has 0 bridgehead atoms. The molecule has 0 radical (unpaired) electrons. The minimum atomic E-state index is -1.21. The molecule has 11 heteroatoms. The van der Waals surface area contributed by atoms with Gasteiger partial charge in [-0.15, -0.1) is 0 Å². The monoisotopic (exact) mass is 315 g/mol. The highest BCUT2D eigenvalue weighted by Gasteiger charge is 2.44. The molecule has 0 aromatic carbocycles. The standard InChI is InChI=1S/C10H14N5O5P/c11-10-13-7-4(8(18)14-10)12-2-15(7)9-6(17)5(16)3(20-9)1-19-21/h2-3,5-6,9,16-17H,1,21H2,(H3,11,13,14,18). The molecule has 21 heavy (non-hydrogen) atoms. The van der Waals surface area contributed by atoms with Crippen LogP contribution in [-0.2, 0) is 9.26 Å². The van der Waals surface area contributed by atoms with Gasteiger partial charge in [-0.2, -0.15) is 4.98 Å². The molecule has 1 fully saturated rings. The number of hydrogen-bond donors (Lipinski definition) is 4. The van der Waals surface area contributed by atoms with E-state index in [0.29, 0.717) is 0 Å². The number of anilines is 1. The zero-order valence-corrected chi connectivity index (χ0v) is 11.9. The van der Waals surface area contributed by atoms with Crippen LogP contribution in [0.5, 0.6) is 0 Å². The number of H-pyrrole nitrogens is 1. The van der Waals surface area contributed by atoms with Crippen LogP contribution in [0.2, 0.25) is 0 Å². The number of rotatable bonds is 3. The predicted octanol–water partition coefficient (Wildman–Crippen LogP) is -1.87. The van der Waals surface area contributed by atoms with E-state index in [1.807, 2.05) is 9.47 Å². The quantitative estimate of drug-likeness (QED) is 0.481. The van der Waals surface area contributed by atoms with Crippen molar-refractivity contribution in [2.75, 3.05) is 12.3 Å². The second-order valence-corrected chi connectivity index (χ2v) is 4.99. The van der Waals surface area contributed by atoms with E-state index < -0.39 is 30.1 Å². The average Bonchev–Trinajstić information content (AvgIpc) is 2.96. The highest BCUT2D eigenvalue weighted by atomic mass is 31.0. The molecule has 114 valence electrons. The van der Waals surface area contributed by atoms with Crippen LogP contribution in [-0.4, -0.2) is 54.7 Å². The van der Waals surface area contributed by atoms with E-state index in [9.17, 15) is 15.0 Å². The lowest BCUT2D eigenvalue weighted by molar-refractivity contribution is -0.0455. The minimum Gasteiger partial charge on any atom is -0.387 e. The number of nitrogens with one attached hydrogen (secondary N) is 1. The van der Waals surface area contributed by atoms with Crippen LogP contribution in [0.1, 0.15) is 6.23 Å². The number of ether oxygens (including phenoxy) is 1. The van der Waals surface area contributed by atoms with E-state index in [1.54, 1.807) is 0 Å². The highest BCUT2D eigenvalue weighted by molar-refractivity contribution is 7.09. The molecule has 0 spiro atoms. The highest BCUT2D eigenvalue weighted by Crippen LogP contribution is 2.31. The number of aromatic nitrogens is 4. The number of aromatic amines is 1. The molecule has 0 saturated carbocycles. The van der Waals surface area contributed by atoms with E-state index in [2.05, 4.69) is 15.0 Å². The van der Waals surface area contributed by atoms with Gasteiger partial charge in [0.15, 0.2) is 17.4 Å². The first kappa shape index (κ1) is 14.4. The first-order valence-electron chi connectivity index (χ1n) is 6.08. The van der Waals surface area contributed by atoms with Crippen LogP contribution in [0.15, 0.2) is 11.1 Å². The molecule has 10 nitrogen and oxygen atoms in total. The van der Waals surface area contributed by atoms with Crippen molar-refractivity contribution in [3.8, 4) is 0 Å². The maximum Gasteiger partial charge on any atom is 0.280 e. The molecular formula is C10H14N5O5P. The summed E-state index contributed by atoms with van der Waals surface area (Å²) in [5.41, 5.74) is 5.25. The molecule has 3 rings (SSSR count). The van der Waals surface area contributed by atoms with Crippen molar-refractivity contribution >= 4 is 26.6 Å².